The summed E-state index contributed by atoms with van der Waals surface area (Å²) in [5.74, 6) is -2.45. The molecule has 8 heteroatoms. The fraction of sp³-hybridized carbons (Fsp3) is 0.700. The molecule has 0 aliphatic carbocycles. The van der Waals surface area contributed by atoms with Gasteiger partial charge >= 0.3 is 18.0 Å². The summed E-state index contributed by atoms with van der Waals surface area (Å²) in [5, 5.41) is 20.5. The van der Waals surface area contributed by atoms with Crippen LogP contribution >= 0.6 is 0 Å². The van der Waals surface area contributed by atoms with Gasteiger partial charge in [-0.25, -0.2) is 4.79 Å². The van der Waals surface area contributed by atoms with Crippen LogP contribution in [0.4, 0.5) is 4.79 Å². The van der Waals surface area contributed by atoms with Gasteiger partial charge in [0.25, 0.3) is 0 Å². The molecular formula is C10H17N3O5. The molecule has 0 unspecified atom stereocenters. The molecule has 18 heavy (non-hydrogen) atoms. The van der Waals surface area contributed by atoms with E-state index in [1.54, 1.807) is 0 Å². The average molecular weight is 259 g/mol. The number of urea groups is 1. The fourth-order valence-electron chi connectivity index (χ4n) is 1.75. The Morgan fingerprint density at radius 3 is 2.22 bits per heavy atom. The third-order valence-corrected chi connectivity index (χ3v) is 2.53. The standard InChI is InChI=1S/C10H17N3O5/c14-8(15)6-13(7-9(16)17)10(18)12-4-1-2-11-3-5-12/h11H,1-7H2,(H,14,15)(H,16,17). The zero-order valence-corrected chi connectivity index (χ0v) is 9.96. The van der Waals surface area contributed by atoms with Crippen molar-refractivity contribution >= 4 is 18.0 Å². The summed E-state index contributed by atoms with van der Waals surface area (Å²) in [5.41, 5.74) is 0. The van der Waals surface area contributed by atoms with Crippen LogP contribution in [0.2, 0.25) is 0 Å². The predicted molar refractivity (Wildman–Crippen MR) is 61.3 cm³/mol. The Hall–Kier alpha value is -1.83. The van der Waals surface area contributed by atoms with E-state index in [1.807, 2.05) is 0 Å². The van der Waals surface area contributed by atoms with Crippen LogP contribution in [0, 0.1) is 0 Å². The number of amides is 2. The van der Waals surface area contributed by atoms with Crippen molar-refractivity contribution in [1.82, 2.24) is 15.1 Å². The minimum Gasteiger partial charge on any atom is -0.480 e. The molecule has 1 aliphatic heterocycles. The van der Waals surface area contributed by atoms with Crippen LogP contribution < -0.4 is 5.32 Å². The summed E-state index contributed by atoms with van der Waals surface area (Å²) in [6, 6.07) is -0.538. The lowest BCUT2D eigenvalue weighted by Gasteiger charge is -2.27. The molecule has 3 N–H and O–H groups in total. The second-order valence-corrected chi connectivity index (χ2v) is 4.02. The Morgan fingerprint density at radius 2 is 1.67 bits per heavy atom. The fourth-order valence-corrected chi connectivity index (χ4v) is 1.75. The van der Waals surface area contributed by atoms with E-state index < -0.39 is 31.1 Å². The van der Waals surface area contributed by atoms with Crippen LogP contribution in [0.3, 0.4) is 0 Å². The van der Waals surface area contributed by atoms with Gasteiger partial charge in [-0.2, -0.15) is 0 Å². The van der Waals surface area contributed by atoms with Crippen molar-refractivity contribution in [2.24, 2.45) is 0 Å². The van der Waals surface area contributed by atoms with E-state index in [2.05, 4.69) is 5.32 Å². The molecule has 1 rings (SSSR count). The summed E-state index contributed by atoms with van der Waals surface area (Å²) in [6.07, 6.45) is 0.764. The first kappa shape index (κ1) is 14.2. The lowest BCUT2D eigenvalue weighted by atomic mass is 10.4. The van der Waals surface area contributed by atoms with E-state index in [-0.39, 0.29) is 0 Å². The number of carbonyl (C=O) groups excluding carboxylic acids is 1. The molecule has 0 radical (unpaired) electrons. The lowest BCUT2D eigenvalue weighted by Crippen LogP contribution is -2.48. The monoisotopic (exact) mass is 259 g/mol. The maximum atomic E-state index is 12.0. The SMILES string of the molecule is O=C(O)CN(CC(=O)O)C(=O)N1CCCNCC1. The Morgan fingerprint density at radius 1 is 1.06 bits per heavy atom. The molecule has 0 aromatic carbocycles. The van der Waals surface area contributed by atoms with Crippen molar-refractivity contribution in [2.75, 3.05) is 39.3 Å². The lowest BCUT2D eigenvalue weighted by molar-refractivity contribution is -0.140. The molecule has 2 amide bonds. The van der Waals surface area contributed by atoms with Gasteiger partial charge in [-0.05, 0) is 13.0 Å². The molecule has 0 saturated carbocycles. The van der Waals surface area contributed by atoms with E-state index in [1.165, 1.54) is 4.90 Å². The van der Waals surface area contributed by atoms with Crippen LogP contribution in [-0.2, 0) is 9.59 Å². The highest BCUT2D eigenvalue weighted by molar-refractivity contribution is 5.84. The van der Waals surface area contributed by atoms with Crippen molar-refractivity contribution in [3.8, 4) is 0 Å². The minimum atomic E-state index is -1.22. The average Bonchev–Trinajstić information content (AvgIpc) is 2.54. The predicted octanol–water partition coefficient (Wildman–Crippen LogP) is -1.13. The van der Waals surface area contributed by atoms with E-state index in [9.17, 15) is 14.4 Å². The van der Waals surface area contributed by atoms with Gasteiger partial charge in [-0.3, -0.25) is 9.59 Å². The highest BCUT2D eigenvalue weighted by Crippen LogP contribution is 2.02. The van der Waals surface area contributed by atoms with Gasteiger partial charge in [0.1, 0.15) is 13.1 Å². The van der Waals surface area contributed by atoms with Crippen LogP contribution in [0.5, 0.6) is 0 Å². The van der Waals surface area contributed by atoms with Gasteiger partial charge in [0, 0.05) is 19.6 Å². The second-order valence-electron chi connectivity index (χ2n) is 4.02. The molecule has 1 aliphatic rings. The summed E-state index contributed by atoms with van der Waals surface area (Å²) in [4.78, 5) is 35.6. The zero-order valence-electron chi connectivity index (χ0n) is 9.96. The molecule has 0 spiro atoms. The number of carbonyl (C=O) groups is 3. The smallest absolute Gasteiger partial charge is 0.323 e. The number of carboxylic acids is 2. The summed E-state index contributed by atoms with van der Waals surface area (Å²) >= 11 is 0. The number of hydrogen-bond donors (Lipinski definition) is 3. The largest absolute Gasteiger partial charge is 0.480 e. The molecule has 0 atom stereocenters. The van der Waals surface area contributed by atoms with Crippen LogP contribution in [-0.4, -0.2) is 77.3 Å². The van der Waals surface area contributed by atoms with Gasteiger partial charge in [-0.15, -0.1) is 0 Å². The van der Waals surface area contributed by atoms with Gasteiger partial charge in [0.05, 0.1) is 0 Å². The number of nitrogens with zero attached hydrogens (tertiary/aromatic N) is 2. The van der Waals surface area contributed by atoms with Gasteiger partial charge in [0.15, 0.2) is 0 Å². The van der Waals surface area contributed by atoms with E-state index in [4.69, 9.17) is 10.2 Å². The first-order valence-electron chi connectivity index (χ1n) is 5.69. The van der Waals surface area contributed by atoms with Crippen LogP contribution in [0.1, 0.15) is 6.42 Å². The number of carboxylic acid groups (broad SMARTS) is 2. The first-order chi connectivity index (χ1) is 8.50. The van der Waals surface area contributed by atoms with Crippen molar-refractivity contribution in [3.05, 3.63) is 0 Å². The number of rotatable bonds is 4. The Bertz CT molecular complexity index is 309. The highest BCUT2D eigenvalue weighted by Gasteiger charge is 2.25. The molecule has 0 aromatic heterocycles. The highest BCUT2D eigenvalue weighted by atomic mass is 16.4. The molecule has 102 valence electrons. The summed E-state index contributed by atoms with van der Waals surface area (Å²) in [6.45, 7) is 1.17. The molecule has 1 fully saturated rings. The van der Waals surface area contributed by atoms with Crippen LogP contribution in [0.15, 0.2) is 0 Å². The molecule has 1 heterocycles. The number of aliphatic carboxylic acids is 2. The maximum Gasteiger partial charge on any atom is 0.323 e. The summed E-state index contributed by atoms with van der Waals surface area (Å²) in [7, 11) is 0. The van der Waals surface area contributed by atoms with Crippen molar-refractivity contribution in [2.45, 2.75) is 6.42 Å². The third kappa shape index (κ3) is 4.58. The van der Waals surface area contributed by atoms with Crippen molar-refractivity contribution in [1.29, 1.82) is 0 Å². The Balaban J connectivity index is 2.66. The Labute approximate surface area is 104 Å². The number of hydrogen-bond acceptors (Lipinski definition) is 4. The molecule has 8 nitrogen and oxygen atoms in total. The maximum absolute atomic E-state index is 12.0. The molecule has 0 bridgehead atoms. The van der Waals surface area contributed by atoms with E-state index >= 15 is 0 Å². The van der Waals surface area contributed by atoms with Gasteiger partial charge in [0.2, 0.25) is 0 Å². The quantitative estimate of drug-likeness (QED) is 0.589. The summed E-state index contributed by atoms with van der Waals surface area (Å²) < 4.78 is 0. The Kier molecular flexibility index (Phi) is 5.37. The van der Waals surface area contributed by atoms with E-state index in [0.717, 1.165) is 17.9 Å². The number of nitrogens with one attached hydrogen (secondary N) is 1. The van der Waals surface area contributed by atoms with E-state index in [0.29, 0.717) is 19.6 Å². The molecule has 1 saturated heterocycles. The van der Waals surface area contributed by atoms with Crippen molar-refractivity contribution in [3.63, 3.8) is 0 Å². The minimum absolute atomic E-state index is 0.453. The van der Waals surface area contributed by atoms with Crippen molar-refractivity contribution < 1.29 is 24.6 Å². The van der Waals surface area contributed by atoms with Gasteiger partial charge < -0.3 is 25.3 Å². The molecule has 0 aromatic rings. The first-order valence-corrected chi connectivity index (χ1v) is 5.69. The zero-order chi connectivity index (χ0) is 13.5. The second kappa shape index (κ2) is 6.80. The third-order valence-electron chi connectivity index (χ3n) is 2.53. The topological polar surface area (TPSA) is 110 Å². The molecular weight excluding hydrogens is 242 g/mol. The van der Waals surface area contributed by atoms with Gasteiger partial charge in [-0.1, -0.05) is 0 Å². The normalized spacial score (nSPS) is 15.9. The van der Waals surface area contributed by atoms with Crippen LogP contribution in [0.25, 0.3) is 0 Å².